The number of aryl methyl sites for hydroxylation is 1. The molecule has 0 saturated carbocycles. The highest BCUT2D eigenvalue weighted by Crippen LogP contribution is 2.22. The molecule has 1 N–H and O–H groups in total. The van der Waals surface area contributed by atoms with Crippen molar-refractivity contribution in [3.05, 3.63) is 58.6 Å². The van der Waals surface area contributed by atoms with Crippen molar-refractivity contribution in [2.75, 3.05) is 18.1 Å². The highest BCUT2D eigenvalue weighted by atomic mass is 35.5. The number of hydrogen-bond acceptors (Lipinski definition) is 3. The van der Waals surface area contributed by atoms with Crippen LogP contribution in [0, 0.1) is 6.92 Å². The standard InChI is InChI=1S/C22H25ClN2O3/c1-16-14-18(23)8-11-20(16)28-13-3-4-21(26)24-15-17-6-9-19(10-7-17)25-12-2-5-22(25)27/h6-11,14H,2-5,12-13,15H2,1H3,(H,24,26). The molecule has 5 nitrogen and oxygen atoms in total. The van der Waals surface area contributed by atoms with E-state index in [1.54, 1.807) is 6.07 Å². The van der Waals surface area contributed by atoms with Gasteiger partial charge in [0.2, 0.25) is 11.8 Å². The van der Waals surface area contributed by atoms with Crippen molar-refractivity contribution in [1.82, 2.24) is 5.32 Å². The summed E-state index contributed by atoms with van der Waals surface area (Å²) in [6.45, 7) is 3.68. The Morgan fingerprint density at radius 2 is 2.00 bits per heavy atom. The maximum Gasteiger partial charge on any atom is 0.227 e. The van der Waals surface area contributed by atoms with Gasteiger partial charge in [0.1, 0.15) is 5.75 Å². The predicted molar refractivity (Wildman–Crippen MR) is 111 cm³/mol. The van der Waals surface area contributed by atoms with Crippen LogP contribution < -0.4 is 15.0 Å². The number of carbonyl (C=O) groups excluding carboxylic acids is 2. The molecule has 0 bridgehead atoms. The lowest BCUT2D eigenvalue weighted by molar-refractivity contribution is -0.121. The summed E-state index contributed by atoms with van der Waals surface area (Å²) in [6, 6.07) is 13.3. The molecule has 2 aromatic carbocycles. The Kier molecular flexibility index (Phi) is 6.93. The zero-order valence-electron chi connectivity index (χ0n) is 16.0. The van der Waals surface area contributed by atoms with Gasteiger partial charge in [-0.3, -0.25) is 9.59 Å². The van der Waals surface area contributed by atoms with Crippen LogP contribution >= 0.6 is 11.6 Å². The zero-order valence-corrected chi connectivity index (χ0v) is 16.8. The molecular formula is C22H25ClN2O3. The summed E-state index contributed by atoms with van der Waals surface area (Å²) < 4.78 is 5.70. The minimum absolute atomic E-state index is 0.00442. The van der Waals surface area contributed by atoms with Gasteiger partial charge in [-0.1, -0.05) is 23.7 Å². The van der Waals surface area contributed by atoms with Crippen molar-refractivity contribution < 1.29 is 14.3 Å². The van der Waals surface area contributed by atoms with Gasteiger partial charge < -0.3 is 15.0 Å². The zero-order chi connectivity index (χ0) is 19.9. The van der Waals surface area contributed by atoms with E-state index in [9.17, 15) is 9.59 Å². The number of rotatable bonds is 8. The fourth-order valence-corrected chi connectivity index (χ4v) is 3.42. The number of ether oxygens (including phenoxy) is 1. The van der Waals surface area contributed by atoms with Crippen molar-refractivity contribution in [3.63, 3.8) is 0 Å². The van der Waals surface area contributed by atoms with Gasteiger partial charge in [0.05, 0.1) is 6.61 Å². The SMILES string of the molecule is Cc1cc(Cl)ccc1OCCCC(=O)NCc1ccc(N2CCCC2=O)cc1. The molecule has 0 aromatic heterocycles. The molecule has 1 heterocycles. The topological polar surface area (TPSA) is 58.6 Å². The van der Waals surface area contributed by atoms with Crippen LogP contribution in [0.2, 0.25) is 5.02 Å². The van der Waals surface area contributed by atoms with Crippen LogP contribution in [0.3, 0.4) is 0 Å². The van der Waals surface area contributed by atoms with Crippen LogP contribution in [-0.4, -0.2) is 25.0 Å². The number of nitrogens with one attached hydrogen (secondary N) is 1. The Morgan fingerprint density at radius 3 is 2.68 bits per heavy atom. The maximum absolute atomic E-state index is 12.0. The van der Waals surface area contributed by atoms with Crippen LogP contribution in [-0.2, 0) is 16.1 Å². The van der Waals surface area contributed by atoms with Crippen molar-refractivity contribution in [3.8, 4) is 5.75 Å². The second-order valence-electron chi connectivity index (χ2n) is 6.95. The lowest BCUT2D eigenvalue weighted by Gasteiger charge is -2.16. The molecule has 0 unspecified atom stereocenters. The van der Waals surface area contributed by atoms with Crippen molar-refractivity contribution >= 4 is 29.1 Å². The molecule has 1 aliphatic rings. The normalized spacial score (nSPS) is 13.6. The van der Waals surface area contributed by atoms with E-state index < -0.39 is 0 Å². The summed E-state index contributed by atoms with van der Waals surface area (Å²) in [5.74, 6) is 0.966. The first-order valence-corrected chi connectivity index (χ1v) is 9.96. The van der Waals surface area contributed by atoms with Gasteiger partial charge in [-0.2, -0.15) is 0 Å². The van der Waals surface area contributed by atoms with Crippen molar-refractivity contribution in [1.29, 1.82) is 0 Å². The lowest BCUT2D eigenvalue weighted by atomic mass is 10.2. The fourth-order valence-electron chi connectivity index (χ4n) is 3.19. The highest BCUT2D eigenvalue weighted by Gasteiger charge is 2.21. The minimum atomic E-state index is -0.00442. The summed E-state index contributed by atoms with van der Waals surface area (Å²) in [7, 11) is 0. The van der Waals surface area contributed by atoms with Gasteiger partial charge in [0, 0.05) is 36.6 Å². The molecule has 2 aromatic rings. The molecule has 0 aliphatic carbocycles. The van der Waals surface area contributed by atoms with Gasteiger partial charge in [-0.15, -0.1) is 0 Å². The van der Waals surface area contributed by atoms with Crippen LogP contribution in [0.25, 0.3) is 0 Å². The average molecular weight is 401 g/mol. The largest absolute Gasteiger partial charge is 0.493 e. The van der Waals surface area contributed by atoms with E-state index in [1.165, 1.54) is 0 Å². The van der Waals surface area contributed by atoms with Crippen LogP contribution in [0.4, 0.5) is 5.69 Å². The molecule has 28 heavy (non-hydrogen) atoms. The molecule has 0 radical (unpaired) electrons. The summed E-state index contributed by atoms with van der Waals surface area (Å²) in [5.41, 5.74) is 2.92. The molecular weight excluding hydrogens is 376 g/mol. The number of halogens is 1. The Balaban J connectivity index is 1.36. The molecule has 148 valence electrons. The fraction of sp³-hybridized carbons (Fsp3) is 0.364. The molecule has 3 rings (SSSR count). The first kappa shape index (κ1) is 20.2. The number of hydrogen-bond donors (Lipinski definition) is 1. The van der Waals surface area contributed by atoms with E-state index >= 15 is 0 Å². The molecule has 1 saturated heterocycles. The smallest absolute Gasteiger partial charge is 0.227 e. The van der Waals surface area contributed by atoms with E-state index in [1.807, 2.05) is 48.2 Å². The van der Waals surface area contributed by atoms with E-state index in [0.29, 0.717) is 37.4 Å². The third kappa shape index (κ3) is 5.49. The lowest BCUT2D eigenvalue weighted by Crippen LogP contribution is -2.24. The van der Waals surface area contributed by atoms with Crippen LogP contribution in [0.5, 0.6) is 5.75 Å². The molecule has 0 atom stereocenters. The quantitative estimate of drug-likeness (QED) is 0.674. The first-order chi connectivity index (χ1) is 13.5. The number of nitrogens with zero attached hydrogens (tertiary/aromatic N) is 1. The molecule has 6 heteroatoms. The second kappa shape index (κ2) is 9.60. The Labute approximate surface area is 170 Å². The number of carbonyl (C=O) groups is 2. The van der Waals surface area contributed by atoms with Crippen LogP contribution in [0.1, 0.15) is 36.8 Å². The molecule has 2 amide bonds. The summed E-state index contributed by atoms with van der Waals surface area (Å²) >= 11 is 5.93. The summed E-state index contributed by atoms with van der Waals surface area (Å²) in [4.78, 5) is 25.6. The van der Waals surface area contributed by atoms with Gasteiger partial charge in [0.15, 0.2) is 0 Å². The van der Waals surface area contributed by atoms with E-state index in [0.717, 1.165) is 35.5 Å². The van der Waals surface area contributed by atoms with Crippen LogP contribution in [0.15, 0.2) is 42.5 Å². The van der Waals surface area contributed by atoms with Gasteiger partial charge in [-0.25, -0.2) is 0 Å². The Morgan fingerprint density at radius 1 is 1.21 bits per heavy atom. The van der Waals surface area contributed by atoms with E-state index in [4.69, 9.17) is 16.3 Å². The van der Waals surface area contributed by atoms with Gasteiger partial charge in [0.25, 0.3) is 0 Å². The first-order valence-electron chi connectivity index (χ1n) is 9.58. The van der Waals surface area contributed by atoms with Gasteiger partial charge in [-0.05, 0) is 61.2 Å². The van der Waals surface area contributed by atoms with Crippen molar-refractivity contribution in [2.24, 2.45) is 0 Å². The van der Waals surface area contributed by atoms with E-state index in [-0.39, 0.29) is 11.8 Å². The number of benzene rings is 2. The van der Waals surface area contributed by atoms with Gasteiger partial charge >= 0.3 is 0 Å². The second-order valence-corrected chi connectivity index (χ2v) is 7.39. The number of anilines is 1. The Hall–Kier alpha value is -2.53. The summed E-state index contributed by atoms with van der Waals surface area (Å²) in [5, 5.41) is 3.61. The highest BCUT2D eigenvalue weighted by molar-refractivity contribution is 6.30. The maximum atomic E-state index is 12.0. The average Bonchev–Trinajstić information content (AvgIpc) is 3.11. The summed E-state index contributed by atoms with van der Waals surface area (Å²) in [6.07, 6.45) is 2.59. The third-order valence-corrected chi connectivity index (χ3v) is 4.99. The molecule has 1 aliphatic heterocycles. The van der Waals surface area contributed by atoms with E-state index in [2.05, 4.69) is 5.32 Å². The Bertz CT molecular complexity index is 836. The predicted octanol–water partition coefficient (Wildman–Crippen LogP) is 4.25. The molecule has 0 spiro atoms. The molecule has 1 fully saturated rings. The number of amides is 2. The third-order valence-electron chi connectivity index (χ3n) is 4.75. The monoisotopic (exact) mass is 400 g/mol. The minimum Gasteiger partial charge on any atom is -0.493 e. The van der Waals surface area contributed by atoms with Crippen molar-refractivity contribution in [2.45, 2.75) is 39.2 Å².